The number of nitrogens with zero attached hydrogens (tertiary/aromatic N) is 1. The lowest BCUT2D eigenvalue weighted by atomic mass is 10.1. The molecular weight excluding hydrogens is 553 g/mol. The Balaban J connectivity index is 1.55. The van der Waals surface area contributed by atoms with Gasteiger partial charge < -0.3 is 5.32 Å². The number of benzene rings is 4. The molecule has 0 atom stereocenters. The number of carbonyl (C=O) groups excluding carboxylic acids is 1. The topological polar surface area (TPSA) is 113 Å². The number of amides is 1. The molecule has 208 valence electrons. The van der Waals surface area contributed by atoms with Gasteiger partial charge in [0, 0.05) is 11.4 Å². The molecule has 0 aliphatic heterocycles. The first-order chi connectivity index (χ1) is 18.8. The van der Waals surface area contributed by atoms with Gasteiger partial charge in [-0.3, -0.25) is 13.8 Å². The highest BCUT2D eigenvalue weighted by Crippen LogP contribution is 2.28. The van der Waals surface area contributed by atoms with Crippen LogP contribution in [0.5, 0.6) is 0 Å². The maximum Gasteiger partial charge on any atom is 0.264 e. The molecule has 1 amide bonds. The highest BCUT2D eigenvalue weighted by Gasteiger charge is 2.28. The van der Waals surface area contributed by atoms with Crippen molar-refractivity contribution < 1.29 is 26.0 Å². The second-order valence-corrected chi connectivity index (χ2v) is 12.8. The number of carbonyl (C=O) groups is 1. The highest BCUT2D eigenvalue weighted by molar-refractivity contribution is 7.93. The van der Waals surface area contributed by atoms with Gasteiger partial charge in [0.25, 0.3) is 20.0 Å². The molecule has 0 aromatic heterocycles. The van der Waals surface area contributed by atoms with E-state index in [2.05, 4.69) is 10.0 Å². The largest absolute Gasteiger partial charge is 0.325 e. The Bertz CT molecular complexity index is 1740. The maximum absolute atomic E-state index is 13.6. The van der Waals surface area contributed by atoms with Crippen LogP contribution in [0.4, 0.5) is 21.5 Å². The minimum absolute atomic E-state index is 0.0501. The van der Waals surface area contributed by atoms with Crippen LogP contribution < -0.4 is 14.3 Å². The quantitative estimate of drug-likeness (QED) is 0.275. The van der Waals surface area contributed by atoms with E-state index in [1.165, 1.54) is 48.5 Å². The van der Waals surface area contributed by atoms with E-state index in [0.717, 1.165) is 27.6 Å². The van der Waals surface area contributed by atoms with Gasteiger partial charge >= 0.3 is 0 Å². The first kappa shape index (κ1) is 28.8. The molecule has 0 radical (unpaired) electrons. The average molecular weight is 582 g/mol. The summed E-state index contributed by atoms with van der Waals surface area (Å²) in [4.78, 5) is 13.1. The standard InChI is InChI=1S/C29H28FN3O5S2/c1-20-4-13-27(14-5-20)40(37,38)33(28-17-6-21(2)18-22(28)3)19-29(34)31-24-11-15-26(16-12-24)39(35,36)32-25-9-7-23(30)8-10-25/h4-18,32H,19H2,1-3H3,(H,31,34). The van der Waals surface area contributed by atoms with Crippen LogP contribution in [-0.4, -0.2) is 29.3 Å². The summed E-state index contributed by atoms with van der Waals surface area (Å²) in [6.07, 6.45) is 0. The van der Waals surface area contributed by atoms with E-state index >= 15 is 0 Å². The van der Waals surface area contributed by atoms with Crippen molar-refractivity contribution in [1.29, 1.82) is 0 Å². The lowest BCUT2D eigenvalue weighted by Crippen LogP contribution is -2.38. The van der Waals surface area contributed by atoms with Crippen LogP contribution in [0.15, 0.2) is 101 Å². The molecule has 0 saturated carbocycles. The normalized spacial score (nSPS) is 11.6. The summed E-state index contributed by atoms with van der Waals surface area (Å²) in [6.45, 7) is 5.01. The van der Waals surface area contributed by atoms with Crippen molar-refractivity contribution in [2.24, 2.45) is 0 Å². The van der Waals surface area contributed by atoms with Gasteiger partial charge in [-0.2, -0.15) is 0 Å². The summed E-state index contributed by atoms with van der Waals surface area (Å²) in [6, 6.07) is 21.9. The number of rotatable bonds is 9. The van der Waals surface area contributed by atoms with E-state index in [9.17, 15) is 26.0 Å². The van der Waals surface area contributed by atoms with Crippen molar-refractivity contribution in [2.75, 3.05) is 20.9 Å². The summed E-state index contributed by atoms with van der Waals surface area (Å²) < 4.78 is 69.2. The molecule has 0 spiro atoms. The Hall–Kier alpha value is -4.22. The third kappa shape index (κ3) is 6.67. The summed E-state index contributed by atoms with van der Waals surface area (Å²) in [5, 5.41) is 2.64. The molecule has 0 aliphatic carbocycles. The lowest BCUT2D eigenvalue weighted by molar-refractivity contribution is -0.114. The number of hydrogen-bond acceptors (Lipinski definition) is 5. The summed E-state index contributed by atoms with van der Waals surface area (Å²) in [5.41, 5.74) is 3.37. The van der Waals surface area contributed by atoms with Crippen LogP contribution >= 0.6 is 0 Å². The Kier molecular flexibility index (Phi) is 8.26. The first-order valence-electron chi connectivity index (χ1n) is 12.2. The van der Waals surface area contributed by atoms with Gasteiger partial charge in [-0.05, 0) is 93.1 Å². The van der Waals surface area contributed by atoms with Crippen LogP contribution in [0.3, 0.4) is 0 Å². The zero-order chi connectivity index (χ0) is 29.1. The third-order valence-corrected chi connectivity index (χ3v) is 9.23. The van der Waals surface area contributed by atoms with Crippen molar-refractivity contribution in [3.8, 4) is 0 Å². The number of aryl methyl sites for hydroxylation is 3. The van der Waals surface area contributed by atoms with Crippen molar-refractivity contribution in [3.63, 3.8) is 0 Å². The molecule has 0 saturated heterocycles. The van der Waals surface area contributed by atoms with Crippen molar-refractivity contribution in [3.05, 3.63) is 114 Å². The zero-order valence-electron chi connectivity index (χ0n) is 22.1. The van der Waals surface area contributed by atoms with Gasteiger partial charge in [0.15, 0.2) is 0 Å². The summed E-state index contributed by atoms with van der Waals surface area (Å²) >= 11 is 0. The SMILES string of the molecule is Cc1ccc(S(=O)(=O)N(CC(=O)Nc2ccc(S(=O)(=O)Nc3ccc(F)cc3)cc2)c2ccc(C)cc2C)cc1. The zero-order valence-corrected chi connectivity index (χ0v) is 23.7. The number of nitrogens with one attached hydrogen (secondary N) is 2. The van der Waals surface area contributed by atoms with Crippen LogP contribution in [0, 0.1) is 26.6 Å². The second kappa shape index (κ2) is 11.5. The second-order valence-electron chi connectivity index (χ2n) is 9.30. The molecule has 4 aromatic carbocycles. The van der Waals surface area contributed by atoms with Gasteiger partial charge in [-0.25, -0.2) is 21.2 Å². The van der Waals surface area contributed by atoms with Crippen LogP contribution in [0.2, 0.25) is 0 Å². The molecule has 8 nitrogen and oxygen atoms in total. The molecular formula is C29H28FN3O5S2. The molecule has 0 unspecified atom stereocenters. The van der Waals surface area contributed by atoms with Crippen LogP contribution in [0.1, 0.15) is 16.7 Å². The number of sulfonamides is 2. The predicted molar refractivity (Wildman–Crippen MR) is 154 cm³/mol. The Labute approximate surface area is 233 Å². The van der Waals surface area contributed by atoms with E-state index in [4.69, 9.17) is 0 Å². The minimum Gasteiger partial charge on any atom is -0.325 e. The first-order valence-corrected chi connectivity index (χ1v) is 15.1. The fourth-order valence-electron chi connectivity index (χ4n) is 4.00. The predicted octanol–water partition coefficient (Wildman–Crippen LogP) is 5.39. The molecule has 40 heavy (non-hydrogen) atoms. The number of hydrogen-bond donors (Lipinski definition) is 2. The third-order valence-electron chi connectivity index (χ3n) is 6.06. The molecule has 0 heterocycles. The van der Waals surface area contributed by atoms with E-state index < -0.39 is 38.3 Å². The van der Waals surface area contributed by atoms with Crippen LogP contribution in [0.25, 0.3) is 0 Å². The van der Waals surface area contributed by atoms with Crippen LogP contribution in [-0.2, 0) is 24.8 Å². The summed E-state index contributed by atoms with van der Waals surface area (Å²) in [7, 11) is -8.05. The fraction of sp³-hybridized carbons (Fsp3) is 0.138. The van der Waals surface area contributed by atoms with Crippen molar-refractivity contribution in [1.82, 2.24) is 0 Å². The van der Waals surface area contributed by atoms with Crippen molar-refractivity contribution in [2.45, 2.75) is 30.6 Å². The molecule has 0 fully saturated rings. The molecule has 11 heteroatoms. The monoisotopic (exact) mass is 581 g/mol. The fourth-order valence-corrected chi connectivity index (χ4v) is 6.55. The van der Waals surface area contributed by atoms with E-state index in [1.807, 2.05) is 19.9 Å². The van der Waals surface area contributed by atoms with Gasteiger partial charge in [-0.1, -0.05) is 35.4 Å². The highest BCUT2D eigenvalue weighted by atomic mass is 32.2. The van der Waals surface area contributed by atoms with Gasteiger partial charge in [0.2, 0.25) is 5.91 Å². The van der Waals surface area contributed by atoms with Crippen molar-refractivity contribution >= 4 is 43.0 Å². The molecule has 4 aromatic rings. The minimum atomic E-state index is -4.09. The molecule has 4 rings (SSSR count). The number of anilines is 3. The molecule has 0 aliphatic rings. The Morgan fingerprint density at radius 2 is 1.27 bits per heavy atom. The lowest BCUT2D eigenvalue weighted by Gasteiger charge is -2.26. The molecule has 0 bridgehead atoms. The van der Waals surface area contributed by atoms with Gasteiger partial charge in [0.1, 0.15) is 12.4 Å². The maximum atomic E-state index is 13.6. The molecule has 2 N–H and O–H groups in total. The smallest absolute Gasteiger partial charge is 0.264 e. The average Bonchev–Trinajstić information content (AvgIpc) is 2.89. The Morgan fingerprint density at radius 1 is 0.725 bits per heavy atom. The summed E-state index contributed by atoms with van der Waals surface area (Å²) in [5.74, 6) is -1.11. The van der Waals surface area contributed by atoms with Gasteiger partial charge in [-0.15, -0.1) is 0 Å². The van der Waals surface area contributed by atoms with E-state index in [1.54, 1.807) is 31.2 Å². The van der Waals surface area contributed by atoms with E-state index in [0.29, 0.717) is 11.3 Å². The van der Waals surface area contributed by atoms with E-state index in [-0.39, 0.29) is 21.2 Å². The van der Waals surface area contributed by atoms with Gasteiger partial charge in [0.05, 0.1) is 15.5 Å². The Morgan fingerprint density at radius 3 is 1.88 bits per heavy atom. The number of halogens is 1.